The minimum absolute atomic E-state index is 0.227. The summed E-state index contributed by atoms with van der Waals surface area (Å²) < 4.78 is 3.03. The summed E-state index contributed by atoms with van der Waals surface area (Å²) in [6.07, 6.45) is 3.64. The smallest absolute Gasteiger partial charge is 0.275 e. The zero-order chi connectivity index (χ0) is 20.0. The first-order valence-electron chi connectivity index (χ1n) is 9.29. The summed E-state index contributed by atoms with van der Waals surface area (Å²) in [6, 6.07) is 18.0. The fraction of sp³-hybridized carbons (Fsp3) is 0.0870. The van der Waals surface area contributed by atoms with E-state index in [-0.39, 0.29) is 5.91 Å². The molecule has 0 unspecified atom stereocenters. The maximum Gasteiger partial charge on any atom is 0.275 e. The Morgan fingerprint density at radius 2 is 1.76 bits per heavy atom. The number of hydrogen-bond donors (Lipinski definition) is 1. The number of fused-ring (bicyclic) bond motifs is 2. The Morgan fingerprint density at radius 3 is 2.59 bits per heavy atom. The Labute approximate surface area is 171 Å². The van der Waals surface area contributed by atoms with Gasteiger partial charge in [0.15, 0.2) is 0 Å². The molecule has 142 valence electrons. The Morgan fingerprint density at radius 1 is 0.966 bits per heavy atom. The highest BCUT2D eigenvalue weighted by Gasteiger charge is 2.12. The van der Waals surface area contributed by atoms with Crippen LogP contribution in [0.1, 0.15) is 21.6 Å². The number of rotatable bonds is 3. The molecule has 2 aromatic carbocycles. The normalized spacial score (nSPS) is 11.2. The quantitative estimate of drug-likeness (QED) is 0.438. The molecule has 6 heteroatoms. The lowest BCUT2D eigenvalue weighted by Crippen LogP contribution is -2.12. The van der Waals surface area contributed by atoms with E-state index >= 15 is 0 Å². The van der Waals surface area contributed by atoms with Gasteiger partial charge in [0.2, 0.25) is 0 Å². The van der Waals surface area contributed by atoms with Gasteiger partial charge in [0, 0.05) is 23.6 Å². The molecule has 29 heavy (non-hydrogen) atoms. The van der Waals surface area contributed by atoms with Crippen LogP contribution in [-0.2, 0) is 0 Å². The van der Waals surface area contributed by atoms with Crippen molar-refractivity contribution in [1.82, 2.24) is 14.4 Å². The first-order chi connectivity index (χ1) is 14.0. The maximum absolute atomic E-state index is 12.6. The summed E-state index contributed by atoms with van der Waals surface area (Å²) in [7, 11) is 0. The van der Waals surface area contributed by atoms with Crippen LogP contribution < -0.4 is 5.32 Å². The van der Waals surface area contributed by atoms with Crippen molar-refractivity contribution in [2.24, 2.45) is 0 Å². The number of aromatic nitrogens is 3. The summed E-state index contributed by atoms with van der Waals surface area (Å²) in [4.78, 5) is 21.7. The van der Waals surface area contributed by atoms with Crippen molar-refractivity contribution in [2.45, 2.75) is 13.8 Å². The van der Waals surface area contributed by atoms with E-state index in [0.29, 0.717) is 5.69 Å². The van der Waals surface area contributed by atoms with Gasteiger partial charge in [-0.05, 0) is 73.5 Å². The SMILES string of the molecule is Cc1ccc2nc(-c3ccc(NC(=O)c4cn5ccc(C)cc5n4)cc3)sc2c1. The number of anilines is 1. The van der Waals surface area contributed by atoms with E-state index in [1.807, 2.05) is 53.9 Å². The molecule has 0 fully saturated rings. The van der Waals surface area contributed by atoms with E-state index in [2.05, 4.69) is 35.4 Å². The molecule has 5 nitrogen and oxygen atoms in total. The van der Waals surface area contributed by atoms with E-state index in [1.54, 1.807) is 17.5 Å². The maximum atomic E-state index is 12.6. The summed E-state index contributed by atoms with van der Waals surface area (Å²) in [6.45, 7) is 4.09. The number of imidazole rings is 1. The molecule has 0 atom stereocenters. The number of amides is 1. The zero-order valence-electron chi connectivity index (χ0n) is 16.0. The Kier molecular flexibility index (Phi) is 4.14. The van der Waals surface area contributed by atoms with Crippen LogP contribution in [-0.4, -0.2) is 20.3 Å². The number of thiazole rings is 1. The fourth-order valence-electron chi connectivity index (χ4n) is 3.24. The minimum Gasteiger partial charge on any atom is -0.321 e. The van der Waals surface area contributed by atoms with Gasteiger partial charge in [-0.3, -0.25) is 4.79 Å². The molecule has 3 aromatic heterocycles. The molecule has 0 radical (unpaired) electrons. The Balaban J connectivity index is 1.36. The predicted octanol–water partition coefficient (Wildman–Crippen LogP) is 5.48. The molecular formula is C23H18N4OS. The fourth-order valence-corrected chi connectivity index (χ4v) is 4.31. The average Bonchev–Trinajstić information content (AvgIpc) is 3.31. The van der Waals surface area contributed by atoms with Crippen LogP contribution >= 0.6 is 11.3 Å². The van der Waals surface area contributed by atoms with E-state index in [4.69, 9.17) is 4.98 Å². The third-order valence-corrected chi connectivity index (χ3v) is 5.85. The summed E-state index contributed by atoms with van der Waals surface area (Å²) in [5, 5.41) is 3.89. The number of carbonyl (C=O) groups excluding carboxylic acids is 1. The van der Waals surface area contributed by atoms with Crippen molar-refractivity contribution in [2.75, 3.05) is 5.32 Å². The molecule has 0 aliphatic carbocycles. The van der Waals surface area contributed by atoms with Gasteiger partial charge < -0.3 is 9.72 Å². The van der Waals surface area contributed by atoms with Crippen molar-refractivity contribution in [3.8, 4) is 10.6 Å². The van der Waals surface area contributed by atoms with Crippen LogP contribution in [0.2, 0.25) is 0 Å². The molecule has 0 aliphatic rings. The molecule has 0 saturated heterocycles. The highest BCUT2D eigenvalue weighted by molar-refractivity contribution is 7.21. The van der Waals surface area contributed by atoms with E-state index in [1.165, 1.54) is 10.3 Å². The van der Waals surface area contributed by atoms with E-state index < -0.39 is 0 Å². The van der Waals surface area contributed by atoms with Crippen LogP contribution in [0.3, 0.4) is 0 Å². The summed E-state index contributed by atoms with van der Waals surface area (Å²) in [5.74, 6) is -0.227. The lowest BCUT2D eigenvalue weighted by molar-refractivity contribution is 0.102. The molecule has 0 aliphatic heterocycles. The third kappa shape index (κ3) is 3.39. The number of nitrogens with one attached hydrogen (secondary N) is 1. The van der Waals surface area contributed by atoms with Gasteiger partial charge in [0.25, 0.3) is 5.91 Å². The Hall–Kier alpha value is -3.51. The largest absolute Gasteiger partial charge is 0.321 e. The van der Waals surface area contributed by atoms with Gasteiger partial charge in [0.1, 0.15) is 16.3 Å². The number of nitrogens with zero attached hydrogens (tertiary/aromatic N) is 3. The second kappa shape index (κ2) is 6.83. The summed E-state index contributed by atoms with van der Waals surface area (Å²) in [5.41, 5.74) is 6.25. The van der Waals surface area contributed by atoms with Crippen molar-refractivity contribution in [3.63, 3.8) is 0 Å². The molecule has 1 N–H and O–H groups in total. The molecule has 0 saturated carbocycles. The van der Waals surface area contributed by atoms with E-state index in [9.17, 15) is 4.79 Å². The first-order valence-corrected chi connectivity index (χ1v) is 10.1. The van der Waals surface area contributed by atoms with Gasteiger partial charge in [-0.25, -0.2) is 9.97 Å². The second-order valence-electron chi connectivity index (χ2n) is 7.12. The van der Waals surface area contributed by atoms with Gasteiger partial charge in [-0.15, -0.1) is 11.3 Å². The number of aryl methyl sites for hydroxylation is 2. The molecular weight excluding hydrogens is 380 g/mol. The molecule has 5 rings (SSSR count). The highest BCUT2D eigenvalue weighted by atomic mass is 32.1. The standard InChI is InChI=1S/C23H18N4OS/c1-14-3-8-18-20(11-14)29-23(26-18)16-4-6-17(7-5-16)24-22(28)19-13-27-10-9-15(2)12-21(27)25-19/h3-13H,1-2H3,(H,24,28). The summed E-state index contributed by atoms with van der Waals surface area (Å²) >= 11 is 1.67. The lowest BCUT2D eigenvalue weighted by Gasteiger charge is -2.04. The molecule has 5 aromatic rings. The van der Waals surface area contributed by atoms with Crippen molar-refractivity contribution in [3.05, 3.63) is 83.8 Å². The van der Waals surface area contributed by atoms with Gasteiger partial charge in [-0.1, -0.05) is 6.07 Å². The van der Waals surface area contributed by atoms with Gasteiger partial charge >= 0.3 is 0 Å². The average molecular weight is 398 g/mol. The monoisotopic (exact) mass is 398 g/mol. The molecule has 0 spiro atoms. The molecule has 1 amide bonds. The second-order valence-corrected chi connectivity index (χ2v) is 8.15. The molecule has 3 heterocycles. The Bertz CT molecular complexity index is 1370. The number of carbonyl (C=O) groups is 1. The zero-order valence-corrected chi connectivity index (χ0v) is 16.8. The third-order valence-electron chi connectivity index (χ3n) is 4.78. The van der Waals surface area contributed by atoms with Gasteiger partial charge in [0.05, 0.1) is 10.2 Å². The van der Waals surface area contributed by atoms with Crippen LogP contribution in [0.15, 0.2) is 67.0 Å². The van der Waals surface area contributed by atoms with Crippen LogP contribution in [0.5, 0.6) is 0 Å². The number of benzene rings is 2. The lowest BCUT2D eigenvalue weighted by atomic mass is 10.2. The van der Waals surface area contributed by atoms with Gasteiger partial charge in [-0.2, -0.15) is 0 Å². The first kappa shape index (κ1) is 17.6. The minimum atomic E-state index is -0.227. The highest BCUT2D eigenvalue weighted by Crippen LogP contribution is 2.31. The number of pyridine rings is 1. The topological polar surface area (TPSA) is 59.3 Å². The number of hydrogen-bond acceptors (Lipinski definition) is 4. The molecule has 0 bridgehead atoms. The van der Waals surface area contributed by atoms with Crippen LogP contribution in [0, 0.1) is 13.8 Å². The van der Waals surface area contributed by atoms with E-state index in [0.717, 1.165) is 33.0 Å². The van der Waals surface area contributed by atoms with Crippen molar-refractivity contribution >= 4 is 38.8 Å². The van der Waals surface area contributed by atoms with Crippen LogP contribution in [0.25, 0.3) is 26.4 Å². The van der Waals surface area contributed by atoms with Crippen molar-refractivity contribution < 1.29 is 4.79 Å². The van der Waals surface area contributed by atoms with Crippen molar-refractivity contribution in [1.29, 1.82) is 0 Å². The predicted molar refractivity (Wildman–Crippen MR) is 118 cm³/mol. The van der Waals surface area contributed by atoms with Crippen LogP contribution in [0.4, 0.5) is 5.69 Å².